The Balaban J connectivity index is -0.000000720. The van der Waals surface area contributed by atoms with Crippen LogP contribution in [0.2, 0.25) is 0 Å². The van der Waals surface area contributed by atoms with Crippen molar-refractivity contribution >= 4 is 36.7 Å². The number of carbonyl (C=O) groups is 1. The van der Waals surface area contributed by atoms with Gasteiger partial charge in [0.25, 0.3) is 0 Å². The third kappa shape index (κ3) is 9.54. The molecule has 0 aliphatic carbocycles. The largest absolute Gasteiger partial charge is 0.480 e. The third-order valence-electron chi connectivity index (χ3n) is 1.42. The summed E-state index contributed by atoms with van der Waals surface area (Å²) in [5.74, 6) is -1.35. The van der Waals surface area contributed by atoms with Gasteiger partial charge in [-0.05, 0) is 6.42 Å². The number of carboxylic acids is 1. The number of nitrogens with two attached hydrogens (primary N) is 3. The highest BCUT2D eigenvalue weighted by molar-refractivity contribution is 5.85. The molecule has 0 aliphatic heterocycles. The molecule has 0 amide bonds. The standard InChI is InChI=1S/C6H14N4O3.2ClH/c7-4(5(12)13)3(11)1-2-10-6(8)9;;/h3-4,11H,1-2,7H2,(H,12,13)(H4,8,9,10);2*1H/t3-,4+;;/m1../s1. The van der Waals surface area contributed by atoms with Crippen LogP contribution in [-0.2, 0) is 4.79 Å². The predicted octanol–water partition coefficient (Wildman–Crippen LogP) is -1.73. The molecule has 0 saturated heterocycles. The molecule has 2 atom stereocenters. The van der Waals surface area contributed by atoms with E-state index in [0.717, 1.165) is 0 Å². The average molecular weight is 263 g/mol. The Morgan fingerprint density at radius 3 is 2.13 bits per heavy atom. The van der Waals surface area contributed by atoms with Crippen molar-refractivity contribution in [1.29, 1.82) is 0 Å². The Bertz CT molecular complexity index is 211. The molecular weight excluding hydrogens is 247 g/mol. The van der Waals surface area contributed by atoms with Crippen LogP contribution in [0.15, 0.2) is 4.99 Å². The summed E-state index contributed by atoms with van der Waals surface area (Å²) in [6.07, 6.45) is -1.02. The van der Waals surface area contributed by atoms with E-state index in [0.29, 0.717) is 0 Å². The first-order valence-corrected chi connectivity index (χ1v) is 3.67. The van der Waals surface area contributed by atoms with Crippen LogP contribution in [0.25, 0.3) is 0 Å². The summed E-state index contributed by atoms with van der Waals surface area (Å²) in [4.78, 5) is 13.8. The summed E-state index contributed by atoms with van der Waals surface area (Å²) in [6, 6.07) is -1.30. The number of nitrogens with zero attached hydrogens (tertiary/aromatic N) is 1. The number of halogens is 2. The first-order valence-electron chi connectivity index (χ1n) is 3.67. The van der Waals surface area contributed by atoms with Crippen LogP contribution in [0.1, 0.15) is 6.42 Å². The van der Waals surface area contributed by atoms with Crippen LogP contribution in [0.5, 0.6) is 0 Å². The molecule has 0 aromatic heterocycles. The van der Waals surface area contributed by atoms with Gasteiger partial charge in [0.15, 0.2) is 5.96 Å². The lowest BCUT2D eigenvalue weighted by Crippen LogP contribution is -2.42. The summed E-state index contributed by atoms with van der Waals surface area (Å²) >= 11 is 0. The van der Waals surface area contributed by atoms with Crippen molar-refractivity contribution in [3.05, 3.63) is 0 Å². The van der Waals surface area contributed by atoms with Gasteiger partial charge in [0.05, 0.1) is 6.10 Å². The van der Waals surface area contributed by atoms with Gasteiger partial charge >= 0.3 is 5.97 Å². The average Bonchev–Trinajstić information content (AvgIpc) is 2.02. The van der Waals surface area contributed by atoms with Crippen molar-refractivity contribution in [1.82, 2.24) is 0 Å². The number of carboxylic acid groups (broad SMARTS) is 1. The molecule has 0 radical (unpaired) electrons. The van der Waals surface area contributed by atoms with Gasteiger partial charge in [0.1, 0.15) is 6.04 Å². The number of guanidine groups is 1. The minimum Gasteiger partial charge on any atom is -0.480 e. The second kappa shape index (κ2) is 9.78. The molecule has 9 heteroatoms. The van der Waals surface area contributed by atoms with E-state index >= 15 is 0 Å². The minimum absolute atomic E-state index is 0. The fourth-order valence-electron chi connectivity index (χ4n) is 0.670. The van der Waals surface area contributed by atoms with E-state index < -0.39 is 18.1 Å². The monoisotopic (exact) mass is 262 g/mol. The Morgan fingerprint density at radius 1 is 1.33 bits per heavy atom. The topological polar surface area (TPSA) is 148 Å². The second-order valence-corrected chi connectivity index (χ2v) is 2.53. The van der Waals surface area contributed by atoms with Crippen molar-refractivity contribution < 1.29 is 15.0 Å². The van der Waals surface area contributed by atoms with E-state index in [-0.39, 0.29) is 43.7 Å². The fourth-order valence-corrected chi connectivity index (χ4v) is 0.670. The van der Waals surface area contributed by atoms with Crippen molar-refractivity contribution in [2.75, 3.05) is 6.54 Å². The maximum Gasteiger partial charge on any atom is 0.323 e. The summed E-state index contributed by atoms with van der Waals surface area (Å²) in [6.45, 7) is 0.157. The number of aliphatic imine (C=N–C) groups is 1. The van der Waals surface area contributed by atoms with E-state index in [1.807, 2.05) is 0 Å². The Kier molecular flexibility index (Phi) is 12.9. The number of hydrogen-bond donors (Lipinski definition) is 5. The predicted molar refractivity (Wildman–Crippen MR) is 61.4 cm³/mol. The van der Waals surface area contributed by atoms with E-state index in [2.05, 4.69) is 4.99 Å². The lowest BCUT2D eigenvalue weighted by atomic mass is 10.1. The number of aliphatic hydroxyl groups excluding tert-OH is 1. The number of aliphatic hydroxyl groups is 1. The zero-order chi connectivity index (χ0) is 10.4. The molecule has 92 valence electrons. The minimum atomic E-state index is -1.30. The van der Waals surface area contributed by atoms with Gasteiger partial charge in [-0.15, -0.1) is 24.8 Å². The number of aliphatic carboxylic acids is 1. The number of hydrogen-bond acceptors (Lipinski definition) is 4. The van der Waals surface area contributed by atoms with E-state index in [1.165, 1.54) is 0 Å². The third-order valence-corrected chi connectivity index (χ3v) is 1.42. The van der Waals surface area contributed by atoms with Gasteiger partial charge in [-0.2, -0.15) is 0 Å². The van der Waals surface area contributed by atoms with E-state index in [4.69, 9.17) is 27.4 Å². The van der Waals surface area contributed by atoms with Crippen molar-refractivity contribution in [3.63, 3.8) is 0 Å². The van der Waals surface area contributed by atoms with Gasteiger partial charge in [0.2, 0.25) is 0 Å². The highest BCUT2D eigenvalue weighted by Crippen LogP contribution is 1.97. The normalized spacial score (nSPS) is 12.7. The maximum absolute atomic E-state index is 10.3. The van der Waals surface area contributed by atoms with Crippen LogP contribution in [0.3, 0.4) is 0 Å². The van der Waals surface area contributed by atoms with Gasteiger partial charge < -0.3 is 27.4 Å². The highest BCUT2D eigenvalue weighted by Gasteiger charge is 2.20. The smallest absolute Gasteiger partial charge is 0.323 e. The Labute approximate surface area is 99.5 Å². The molecular formula is C6H16Cl2N4O3. The first kappa shape index (κ1) is 19.8. The second-order valence-electron chi connectivity index (χ2n) is 2.53. The van der Waals surface area contributed by atoms with E-state index in [1.54, 1.807) is 0 Å². The quantitative estimate of drug-likeness (QED) is 0.294. The van der Waals surface area contributed by atoms with Gasteiger partial charge in [0, 0.05) is 6.54 Å². The highest BCUT2D eigenvalue weighted by atomic mass is 35.5. The SMILES string of the molecule is Cl.Cl.NC(N)=NCC[C@@H](O)[C@H](N)C(=O)O. The molecule has 0 aromatic rings. The molecule has 7 nitrogen and oxygen atoms in total. The molecule has 0 aliphatic rings. The number of rotatable bonds is 5. The zero-order valence-electron chi connectivity index (χ0n) is 7.87. The van der Waals surface area contributed by atoms with Crippen molar-refractivity contribution in [3.8, 4) is 0 Å². The lowest BCUT2D eigenvalue weighted by molar-refractivity contribution is -0.141. The molecule has 0 saturated carbocycles. The van der Waals surface area contributed by atoms with Crippen LogP contribution >= 0.6 is 24.8 Å². The molecule has 0 spiro atoms. The van der Waals surface area contributed by atoms with Crippen LogP contribution < -0.4 is 17.2 Å². The molecule has 0 bridgehead atoms. The fraction of sp³-hybridized carbons (Fsp3) is 0.667. The molecule has 15 heavy (non-hydrogen) atoms. The molecule has 0 unspecified atom stereocenters. The Hall–Kier alpha value is -0.760. The summed E-state index contributed by atoms with van der Waals surface area (Å²) in [5.41, 5.74) is 15.1. The maximum atomic E-state index is 10.3. The van der Waals surface area contributed by atoms with Crippen molar-refractivity contribution in [2.45, 2.75) is 18.6 Å². The molecule has 8 N–H and O–H groups in total. The van der Waals surface area contributed by atoms with Crippen molar-refractivity contribution in [2.24, 2.45) is 22.2 Å². The van der Waals surface area contributed by atoms with Gasteiger partial charge in [-0.25, -0.2) is 0 Å². The summed E-state index contributed by atoms with van der Waals surface area (Å²) in [5, 5.41) is 17.5. The Morgan fingerprint density at radius 2 is 1.80 bits per heavy atom. The summed E-state index contributed by atoms with van der Waals surface area (Å²) in [7, 11) is 0. The molecule has 0 heterocycles. The van der Waals surface area contributed by atoms with Crippen LogP contribution in [0, 0.1) is 0 Å². The van der Waals surface area contributed by atoms with Crippen LogP contribution in [0.4, 0.5) is 0 Å². The van der Waals surface area contributed by atoms with Crippen LogP contribution in [-0.4, -0.2) is 40.8 Å². The van der Waals surface area contributed by atoms with Gasteiger partial charge in [-0.1, -0.05) is 0 Å². The molecule has 0 aromatic carbocycles. The summed E-state index contributed by atoms with van der Waals surface area (Å²) < 4.78 is 0. The zero-order valence-corrected chi connectivity index (χ0v) is 9.50. The van der Waals surface area contributed by atoms with Gasteiger partial charge in [-0.3, -0.25) is 9.79 Å². The lowest BCUT2D eigenvalue weighted by Gasteiger charge is -2.12. The molecule has 0 fully saturated rings. The molecule has 0 rings (SSSR count). The van der Waals surface area contributed by atoms with E-state index in [9.17, 15) is 4.79 Å². The first-order chi connectivity index (χ1) is 5.95.